The third-order valence-electron chi connectivity index (χ3n) is 3.38. The molecule has 0 aromatic heterocycles. The number of amides is 1. The zero-order valence-corrected chi connectivity index (χ0v) is 10.2. The number of hydrogen-bond acceptors (Lipinski definition) is 4. The van der Waals surface area contributed by atoms with Crippen molar-refractivity contribution in [2.75, 3.05) is 12.4 Å². The van der Waals surface area contributed by atoms with Gasteiger partial charge in [-0.15, -0.1) is 11.8 Å². The Kier molecular flexibility index (Phi) is 2.84. The molecule has 1 aliphatic carbocycles. The molecule has 0 fully saturated rings. The highest BCUT2D eigenvalue weighted by Crippen LogP contribution is 2.48. The average molecular weight is 241 g/mol. The molecule has 2 rings (SSSR count). The molecule has 0 bridgehead atoms. The number of carbonyl (C=O) groups excluding carboxylic acids is 2. The molecule has 0 saturated heterocycles. The van der Waals surface area contributed by atoms with E-state index in [0.29, 0.717) is 17.9 Å². The Morgan fingerprint density at radius 3 is 2.81 bits per heavy atom. The van der Waals surface area contributed by atoms with Gasteiger partial charge in [0.05, 0.1) is 11.4 Å². The van der Waals surface area contributed by atoms with E-state index in [9.17, 15) is 14.7 Å². The lowest BCUT2D eigenvalue weighted by Crippen LogP contribution is -2.44. The van der Waals surface area contributed by atoms with Crippen LogP contribution in [-0.2, 0) is 9.59 Å². The maximum Gasteiger partial charge on any atom is 0.234 e. The van der Waals surface area contributed by atoms with E-state index in [1.165, 1.54) is 11.8 Å². The molecular weight excluding hydrogens is 226 g/mol. The summed E-state index contributed by atoms with van der Waals surface area (Å²) >= 11 is 1.42. The van der Waals surface area contributed by atoms with Gasteiger partial charge in [0.15, 0.2) is 5.78 Å². The zero-order chi connectivity index (χ0) is 11.9. The van der Waals surface area contributed by atoms with Crippen molar-refractivity contribution >= 4 is 23.5 Å². The second kappa shape index (κ2) is 3.89. The molecule has 2 N–H and O–H groups in total. The van der Waals surface area contributed by atoms with Gasteiger partial charge in [0, 0.05) is 23.3 Å². The Balaban J connectivity index is 2.45. The number of aliphatic hydroxyl groups excluding tert-OH is 1. The molecule has 0 saturated carbocycles. The highest BCUT2D eigenvalue weighted by atomic mass is 32.2. The number of hydrogen-bond donors (Lipinski definition) is 2. The van der Waals surface area contributed by atoms with Crippen LogP contribution in [-0.4, -0.2) is 29.2 Å². The molecule has 0 unspecified atom stereocenters. The summed E-state index contributed by atoms with van der Waals surface area (Å²) in [5, 5.41) is 12.0. The Bertz CT molecular complexity index is 387. The summed E-state index contributed by atoms with van der Waals surface area (Å²) in [6, 6.07) is 0. The Labute approximate surface area is 98.5 Å². The van der Waals surface area contributed by atoms with E-state index < -0.39 is 0 Å². The molecule has 0 aromatic carbocycles. The van der Waals surface area contributed by atoms with Gasteiger partial charge in [-0.3, -0.25) is 9.59 Å². The molecule has 88 valence electrons. The predicted molar refractivity (Wildman–Crippen MR) is 61.6 cm³/mol. The minimum absolute atomic E-state index is 0.00399. The van der Waals surface area contributed by atoms with Gasteiger partial charge in [-0.05, 0) is 5.92 Å². The lowest BCUT2D eigenvalue weighted by molar-refractivity contribution is -0.123. The first-order chi connectivity index (χ1) is 7.46. The first-order valence-electron chi connectivity index (χ1n) is 5.28. The van der Waals surface area contributed by atoms with Gasteiger partial charge >= 0.3 is 0 Å². The predicted octanol–water partition coefficient (Wildman–Crippen LogP) is 0.668. The third kappa shape index (κ3) is 1.68. The van der Waals surface area contributed by atoms with E-state index in [-0.39, 0.29) is 29.6 Å². The summed E-state index contributed by atoms with van der Waals surface area (Å²) in [6.45, 7) is 4.03. The van der Waals surface area contributed by atoms with Crippen molar-refractivity contribution in [3.05, 3.63) is 10.6 Å². The van der Waals surface area contributed by atoms with Gasteiger partial charge in [0.2, 0.25) is 5.91 Å². The fourth-order valence-corrected chi connectivity index (χ4v) is 3.40. The van der Waals surface area contributed by atoms with Gasteiger partial charge in [0.25, 0.3) is 0 Å². The van der Waals surface area contributed by atoms with Crippen molar-refractivity contribution in [2.24, 2.45) is 11.3 Å². The summed E-state index contributed by atoms with van der Waals surface area (Å²) in [5.41, 5.74) is 0.215. The highest BCUT2D eigenvalue weighted by molar-refractivity contribution is 8.03. The second-order valence-corrected chi connectivity index (χ2v) is 5.76. The van der Waals surface area contributed by atoms with Crippen molar-refractivity contribution in [1.29, 1.82) is 0 Å². The zero-order valence-electron chi connectivity index (χ0n) is 9.37. The fourth-order valence-electron chi connectivity index (χ4n) is 2.21. The SMILES string of the molecule is CC1(C)C2=C(NC(=O)CS2)C(=O)C[C@@H]1CO. The van der Waals surface area contributed by atoms with Gasteiger partial charge in [-0.25, -0.2) is 0 Å². The number of rotatable bonds is 1. The van der Waals surface area contributed by atoms with Crippen LogP contribution in [0.3, 0.4) is 0 Å². The molecular formula is C11H15NO3S. The molecule has 0 aromatic rings. The molecule has 5 heteroatoms. The Hall–Kier alpha value is -0.810. The van der Waals surface area contributed by atoms with Crippen molar-refractivity contribution in [2.45, 2.75) is 20.3 Å². The largest absolute Gasteiger partial charge is 0.396 e. The molecule has 2 aliphatic rings. The van der Waals surface area contributed by atoms with Crippen LogP contribution in [0.25, 0.3) is 0 Å². The Morgan fingerprint density at radius 2 is 2.19 bits per heavy atom. The smallest absolute Gasteiger partial charge is 0.234 e. The number of nitrogens with one attached hydrogen (secondary N) is 1. The minimum Gasteiger partial charge on any atom is -0.396 e. The van der Waals surface area contributed by atoms with Crippen LogP contribution in [0.1, 0.15) is 20.3 Å². The van der Waals surface area contributed by atoms with Gasteiger partial charge in [-0.2, -0.15) is 0 Å². The van der Waals surface area contributed by atoms with E-state index in [4.69, 9.17) is 0 Å². The number of aliphatic hydroxyl groups is 1. The molecule has 16 heavy (non-hydrogen) atoms. The topological polar surface area (TPSA) is 66.4 Å². The maximum absolute atomic E-state index is 11.8. The molecule has 1 atom stereocenters. The lowest BCUT2D eigenvalue weighted by Gasteiger charge is -2.41. The molecule has 1 amide bonds. The second-order valence-electron chi connectivity index (χ2n) is 4.77. The molecule has 1 heterocycles. The summed E-state index contributed by atoms with van der Waals surface area (Å²) in [4.78, 5) is 24.0. The molecule has 0 spiro atoms. The minimum atomic E-state index is -0.240. The maximum atomic E-state index is 11.8. The van der Waals surface area contributed by atoms with Crippen LogP contribution in [0, 0.1) is 11.3 Å². The van der Waals surface area contributed by atoms with Crippen molar-refractivity contribution < 1.29 is 14.7 Å². The monoisotopic (exact) mass is 241 g/mol. The van der Waals surface area contributed by atoms with Gasteiger partial charge < -0.3 is 10.4 Å². The quantitative estimate of drug-likeness (QED) is 0.708. The Morgan fingerprint density at radius 1 is 1.50 bits per heavy atom. The van der Waals surface area contributed by atoms with Gasteiger partial charge in [0.1, 0.15) is 0 Å². The van der Waals surface area contributed by atoms with Crippen LogP contribution >= 0.6 is 11.8 Å². The molecule has 4 nitrogen and oxygen atoms in total. The number of ketones is 1. The standard InChI is InChI=1S/C11H15NO3S/c1-11(2)6(4-13)3-7(14)9-10(11)16-5-8(15)12-9/h6,13H,3-5H2,1-2H3,(H,12,15)/t6-/m1/s1. The summed E-state index contributed by atoms with van der Waals surface area (Å²) in [5.74, 6) is 0.124. The van der Waals surface area contributed by atoms with E-state index >= 15 is 0 Å². The van der Waals surface area contributed by atoms with Crippen molar-refractivity contribution in [3.8, 4) is 0 Å². The van der Waals surface area contributed by atoms with E-state index in [1.807, 2.05) is 13.8 Å². The number of allylic oxidation sites excluding steroid dienone is 2. The van der Waals surface area contributed by atoms with E-state index in [1.54, 1.807) is 0 Å². The lowest BCUT2D eigenvalue weighted by atomic mass is 9.71. The van der Waals surface area contributed by atoms with Gasteiger partial charge in [-0.1, -0.05) is 13.8 Å². The summed E-state index contributed by atoms with van der Waals surface area (Å²) in [7, 11) is 0. The summed E-state index contributed by atoms with van der Waals surface area (Å²) < 4.78 is 0. The third-order valence-corrected chi connectivity index (χ3v) is 4.80. The van der Waals surface area contributed by atoms with E-state index in [0.717, 1.165) is 4.91 Å². The van der Waals surface area contributed by atoms with Crippen LogP contribution < -0.4 is 5.32 Å². The van der Waals surface area contributed by atoms with Crippen molar-refractivity contribution in [1.82, 2.24) is 5.32 Å². The first kappa shape index (κ1) is 11.7. The number of Topliss-reactive ketones (excluding diaryl/α,β-unsaturated/α-hetero) is 1. The normalized spacial score (nSPS) is 28.8. The highest BCUT2D eigenvalue weighted by Gasteiger charge is 2.44. The average Bonchev–Trinajstić information content (AvgIpc) is 2.23. The number of carbonyl (C=O) groups is 2. The summed E-state index contributed by atoms with van der Waals surface area (Å²) in [6.07, 6.45) is 0.309. The van der Waals surface area contributed by atoms with E-state index in [2.05, 4.69) is 5.32 Å². The molecule has 1 aliphatic heterocycles. The number of thioether (sulfide) groups is 1. The van der Waals surface area contributed by atoms with Crippen LogP contribution in [0.4, 0.5) is 0 Å². The van der Waals surface area contributed by atoms with Crippen molar-refractivity contribution in [3.63, 3.8) is 0 Å². The molecule has 0 radical (unpaired) electrons. The van der Waals surface area contributed by atoms with Crippen LogP contribution in [0.2, 0.25) is 0 Å². The van der Waals surface area contributed by atoms with Crippen LogP contribution in [0.5, 0.6) is 0 Å². The van der Waals surface area contributed by atoms with Crippen LogP contribution in [0.15, 0.2) is 10.6 Å². The first-order valence-corrected chi connectivity index (χ1v) is 6.27. The fraction of sp³-hybridized carbons (Fsp3) is 0.636.